The second-order valence-corrected chi connectivity index (χ2v) is 7.80. The van der Waals surface area contributed by atoms with Crippen LogP contribution >= 0.6 is 0 Å². The van der Waals surface area contributed by atoms with Gasteiger partial charge in [0, 0.05) is 13.7 Å². The first-order valence-corrected chi connectivity index (χ1v) is 11.1. The predicted molar refractivity (Wildman–Crippen MR) is 127 cm³/mol. The van der Waals surface area contributed by atoms with Gasteiger partial charge in [0.1, 0.15) is 29.6 Å². The Balaban J connectivity index is 1.71. The Hall–Kier alpha value is -4.18. The zero-order valence-electron chi connectivity index (χ0n) is 19.6. The van der Waals surface area contributed by atoms with Crippen LogP contribution in [-0.4, -0.2) is 59.1 Å². The number of nitrogens with zero attached hydrogens (tertiary/aromatic N) is 4. The van der Waals surface area contributed by atoms with Gasteiger partial charge in [-0.25, -0.2) is 4.68 Å². The lowest BCUT2D eigenvalue weighted by Gasteiger charge is -2.31. The lowest BCUT2D eigenvalue weighted by atomic mass is 10.0. The van der Waals surface area contributed by atoms with Gasteiger partial charge in [-0.1, -0.05) is 29.5 Å². The van der Waals surface area contributed by atoms with E-state index in [9.17, 15) is 9.59 Å². The molecule has 0 saturated carbocycles. The second kappa shape index (κ2) is 11.3. The van der Waals surface area contributed by atoms with Crippen LogP contribution < -0.4 is 10.1 Å². The molecule has 0 aliphatic rings. The van der Waals surface area contributed by atoms with Crippen LogP contribution in [0.2, 0.25) is 0 Å². The van der Waals surface area contributed by atoms with E-state index in [1.807, 2.05) is 24.3 Å². The fraction of sp³-hybridized carbons (Fsp3) is 0.280. The number of hydrogen-bond donors (Lipinski definition) is 1. The van der Waals surface area contributed by atoms with E-state index < -0.39 is 6.04 Å². The van der Waals surface area contributed by atoms with Crippen molar-refractivity contribution in [3.8, 4) is 5.75 Å². The standard InChI is InChI=1S/C25H27N5O5/c1-33-14-12-26-25(32)24(18-7-5-8-19(15-18)34-2)29(16-20-9-6-13-35-20)23(31)17-30-22-11-4-3-10-21(22)27-28-30/h3-11,13,15,24H,12,14,16-17H2,1-2H3,(H,26,32)/t24-/m0/s1. The van der Waals surface area contributed by atoms with E-state index in [2.05, 4.69) is 15.6 Å². The molecule has 0 unspecified atom stereocenters. The number of rotatable bonds is 11. The van der Waals surface area contributed by atoms with Crippen LogP contribution in [0.15, 0.2) is 71.3 Å². The Kier molecular flexibility index (Phi) is 7.74. The topological polar surface area (TPSA) is 112 Å². The highest BCUT2D eigenvalue weighted by molar-refractivity contribution is 5.89. The van der Waals surface area contributed by atoms with Gasteiger partial charge in [0.05, 0.1) is 32.0 Å². The molecule has 4 aromatic rings. The molecule has 35 heavy (non-hydrogen) atoms. The molecule has 0 radical (unpaired) electrons. The smallest absolute Gasteiger partial charge is 0.247 e. The fourth-order valence-corrected chi connectivity index (χ4v) is 3.80. The van der Waals surface area contributed by atoms with Crippen LogP contribution in [0.3, 0.4) is 0 Å². The van der Waals surface area contributed by atoms with Crippen molar-refractivity contribution in [1.82, 2.24) is 25.2 Å². The Morgan fingerprint density at radius 2 is 1.97 bits per heavy atom. The minimum absolute atomic E-state index is 0.0814. The first kappa shape index (κ1) is 24.0. The Bertz CT molecular complexity index is 1270. The fourth-order valence-electron chi connectivity index (χ4n) is 3.80. The minimum Gasteiger partial charge on any atom is -0.497 e. The van der Waals surface area contributed by atoms with Crippen molar-refractivity contribution < 1.29 is 23.5 Å². The maximum atomic E-state index is 13.7. The number of amides is 2. The van der Waals surface area contributed by atoms with Crippen molar-refractivity contribution in [1.29, 1.82) is 0 Å². The molecule has 0 bridgehead atoms. The summed E-state index contributed by atoms with van der Waals surface area (Å²) < 4.78 is 17.5. The number of carbonyl (C=O) groups excluding carboxylic acids is 2. The summed E-state index contributed by atoms with van der Waals surface area (Å²) in [5.41, 5.74) is 2.00. The molecule has 2 heterocycles. The van der Waals surface area contributed by atoms with Crippen molar-refractivity contribution in [2.75, 3.05) is 27.4 Å². The molecular formula is C25H27N5O5. The van der Waals surface area contributed by atoms with Gasteiger partial charge in [0.2, 0.25) is 11.8 Å². The number of hydrogen-bond acceptors (Lipinski definition) is 7. The molecule has 0 aliphatic carbocycles. The second-order valence-electron chi connectivity index (χ2n) is 7.80. The van der Waals surface area contributed by atoms with Crippen LogP contribution in [0.25, 0.3) is 11.0 Å². The molecule has 182 valence electrons. The maximum absolute atomic E-state index is 13.7. The number of benzene rings is 2. The number of methoxy groups -OCH3 is 2. The number of furan rings is 1. The first-order chi connectivity index (χ1) is 17.1. The van der Waals surface area contributed by atoms with E-state index >= 15 is 0 Å². The average molecular weight is 478 g/mol. The third kappa shape index (κ3) is 5.67. The summed E-state index contributed by atoms with van der Waals surface area (Å²) in [4.78, 5) is 28.7. The van der Waals surface area contributed by atoms with Crippen molar-refractivity contribution >= 4 is 22.8 Å². The van der Waals surface area contributed by atoms with E-state index in [0.717, 1.165) is 5.52 Å². The number of aromatic nitrogens is 3. The Morgan fingerprint density at radius 1 is 1.11 bits per heavy atom. The van der Waals surface area contributed by atoms with Gasteiger partial charge >= 0.3 is 0 Å². The van der Waals surface area contributed by atoms with E-state index in [4.69, 9.17) is 13.9 Å². The highest BCUT2D eigenvalue weighted by atomic mass is 16.5. The van der Waals surface area contributed by atoms with E-state index in [-0.39, 0.29) is 24.9 Å². The van der Waals surface area contributed by atoms with Crippen molar-refractivity contribution in [3.05, 3.63) is 78.3 Å². The largest absolute Gasteiger partial charge is 0.497 e. The molecule has 2 aromatic carbocycles. The summed E-state index contributed by atoms with van der Waals surface area (Å²) in [5.74, 6) is 0.440. The minimum atomic E-state index is -0.950. The number of nitrogens with one attached hydrogen (secondary N) is 1. The monoisotopic (exact) mass is 477 g/mol. The summed E-state index contributed by atoms with van der Waals surface area (Å²) in [6, 6.07) is 17.0. The molecule has 0 spiro atoms. The van der Waals surface area contributed by atoms with Gasteiger partial charge in [-0.3, -0.25) is 9.59 Å². The molecule has 0 aliphatic heterocycles. The molecule has 10 nitrogen and oxygen atoms in total. The van der Waals surface area contributed by atoms with Crippen molar-refractivity contribution in [2.45, 2.75) is 19.1 Å². The van der Waals surface area contributed by atoms with Gasteiger partial charge in [0.15, 0.2) is 0 Å². The normalized spacial score (nSPS) is 11.8. The molecule has 1 N–H and O–H groups in total. The summed E-state index contributed by atoms with van der Waals surface area (Å²) >= 11 is 0. The van der Waals surface area contributed by atoms with Crippen LogP contribution in [-0.2, 0) is 27.4 Å². The van der Waals surface area contributed by atoms with Gasteiger partial charge in [0.25, 0.3) is 0 Å². The molecule has 4 rings (SSSR count). The number of carbonyl (C=O) groups is 2. The van der Waals surface area contributed by atoms with Crippen LogP contribution in [0.4, 0.5) is 0 Å². The molecule has 2 aromatic heterocycles. The molecule has 2 amide bonds. The SMILES string of the molecule is COCCNC(=O)[C@H](c1cccc(OC)c1)N(Cc1ccco1)C(=O)Cn1nnc2ccccc21. The molecule has 1 atom stereocenters. The molecule has 10 heteroatoms. The lowest BCUT2D eigenvalue weighted by Crippen LogP contribution is -2.45. The first-order valence-electron chi connectivity index (χ1n) is 11.1. The number of fused-ring (bicyclic) bond motifs is 1. The summed E-state index contributed by atoms with van der Waals surface area (Å²) in [6.45, 7) is 0.616. The molecular weight excluding hydrogens is 450 g/mol. The van der Waals surface area contributed by atoms with Gasteiger partial charge in [-0.2, -0.15) is 0 Å². The quantitative estimate of drug-likeness (QED) is 0.331. The summed E-state index contributed by atoms with van der Waals surface area (Å²) in [7, 11) is 3.11. The van der Waals surface area contributed by atoms with Gasteiger partial charge < -0.3 is 24.1 Å². The highest BCUT2D eigenvalue weighted by Gasteiger charge is 2.33. The third-order valence-corrected chi connectivity index (χ3v) is 5.51. The van der Waals surface area contributed by atoms with Crippen molar-refractivity contribution in [3.63, 3.8) is 0 Å². The number of ether oxygens (including phenoxy) is 2. The van der Waals surface area contributed by atoms with E-state index in [1.54, 1.807) is 50.6 Å². The highest BCUT2D eigenvalue weighted by Crippen LogP contribution is 2.27. The molecule has 0 fully saturated rings. The van der Waals surface area contributed by atoms with Crippen molar-refractivity contribution in [2.24, 2.45) is 0 Å². The van der Waals surface area contributed by atoms with Gasteiger partial charge in [-0.05, 0) is 42.0 Å². The summed E-state index contributed by atoms with van der Waals surface area (Å²) in [5, 5.41) is 11.1. The zero-order valence-corrected chi connectivity index (χ0v) is 19.6. The maximum Gasteiger partial charge on any atom is 0.247 e. The zero-order chi connectivity index (χ0) is 24.6. The van der Waals surface area contributed by atoms with Gasteiger partial charge in [-0.15, -0.1) is 5.10 Å². The predicted octanol–water partition coefficient (Wildman–Crippen LogP) is 2.57. The average Bonchev–Trinajstić information content (AvgIpc) is 3.54. The third-order valence-electron chi connectivity index (χ3n) is 5.51. The number of para-hydroxylation sites is 1. The lowest BCUT2D eigenvalue weighted by molar-refractivity contribution is -0.142. The van der Waals surface area contributed by atoms with Crippen LogP contribution in [0.1, 0.15) is 17.4 Å². The van der Waals surface area contributed by atoms with E-state index in [1.165, 1.54) is 15.8 Å². The van der Waals surface area contributed by atoms with E-state index in [0.29, 0.717) is 35.7 Å². The van der Waals surface area contributed by atoms with Crippen LogP contribution in [0.5, 0.6) is 5.75 Å². The summed E-state index contributed by atoms with van der Waals surface area (Å²) in [6.07, 6.45) is 1.53. The van der Waals surface area contributed by atoms with Crippen LogP contribution in [0, 0.1) is 0 Å². The Labute approximate surface area is 202 Å². The molecule has 0 saturated heterocycles. The Morgan fingerprint density at radius 3 is 2.74 bits per heavy atom.